The second kappa shape index (κ2) is 7.26. The number of anilines is 2. The fraction of sp³-hybridized carbons (Fsp3) is 0.533. The highest BCUT2D eigenvalue weighted by molar-refractivity contribution is 5.94. The third kappa shape index (κ3) is 4.51. The molecule has 0 spiro atoms. The number of benzene rings is 1. The first-order valence-electron chi connectivity index (χ1n) is 6.96. The van der Waals surface area contributed by atoms with Gasteiger partial charge in [0.05, 0.1) is 18.0 Å². The zero-order valence-corrected chi connectivity index (χ0v) is 11.9. The van der Waals surface area contributed by atoms with Crippen molar-refractivity contribution in [1.82, 2.24) is 0 Å². The van der Waals surface area contributed by atoms with Crippen LogP contribution in [0.5, 0.6) is 0 Å². The number of hydrogen-bond donors (Lipinski definition) is 2. The van der Waals surface area contributed by atoms with E-state index in [1.165, 1.54) is 0 Å². The maximum atomic E-state index is 11.8. The molecule has 0 aliphatic carbocycles. The minimum Gasteiger partial charge on any atom is -0.397 e. The smallest absolute Gasteiger partial charge is 0.250 e. The summed E-state index contributed by atoms with van der Waals surface area (Å²) < 4.78 is 10.7. The fourth-order valence-electron chi connectivity index (χ4n) is 2.21. The van der Waals surface area contributed by atoms with Crippen LogP contribution in [0.25, 0.3) is 0 Å². The van der Waals surface area contributed by atoms with Gasteiger partial charge in [-0.05, 0) is 43.4 Å². The molecule has 2 rings (SSSR count). The lowest BCUT2D eigenvalue weighted by molar-refractivity contribution is -0.121. The van der Waals surface area contributed by atoms with Gasteiger partial charge in [0.1, 0.15) is 6.61 Å². The van der Waals surface area contributed by atoms with E-state index in [0.717, 1.165) is 31.6 Å². The molecule has 0 aromatic heterocycles. The van der Waals surface area contributed by atoms with Crippen LogP contribution in [-0.2, 0) is 14.3 Å². The first-order valence-corrected chi connectivity index (χ1v) is 6.96. The summed E-state index contributed by atoms with van der Waals surface area (Å²) in [5.74, 6) is 0.327. The summed E-state index contributed by atoms with van der Waals surface area (Å²) in [4.78, 5) is 11.8. The molecule has 1 aliphatic heterocycles. The number of rotatable bonds is 5. The quantitative estimate of drug-likeness (QED) is 0.807. The van der Waals surface area contributed by atoms with Crippen LogP contribution in [0.4, 0.5) is 11.4 Å². The number of amides is 1. The Labute approximate surface area is 119 Å². The lowest BCUT2D eigenvalue weighted by Crippen LogP contribution is -2.24. The zero-order valence-electron chi connectivity index (χ0n) is 11.9. The maximum Gasteiger partial charge on any atom is 0.250 e. The molecule has 110 valence electrons. The van der Waals surface area contributed by atoms with E-state index >= 15 is 0 Å². The molecule has 0 atom stereocenters. The standard InChI is InChI=1S/C15H22N2O3/c1-11-2-3-14(13(16)8-11)17-15(18)10-20-9-12-4-6-19-7-5-12/h2-3,8,12H,4-7,9-10,16H2,1H3,(H,17,18). The van der Waals surface area contributed by atoms with Crippen molar-refractivity contribution in [3.63, 3.8) is 0 Å². The van der Waals surface area contributed by atoms with Crippen molar-refractivity contribution >= 4 is 17.3 Å². The lowest BCUT2D eigenvalue weighted by atomic mass is 10.0. The molecule has 0 radical (unpaired) electrons. The van der Waals surface area contributed by atoms with Gasteiger partial charge in [-0.2, -0.15) is 0 Å². The zero-order chi connectivity index (χ0) is 14.4. The van der Waals surface area contributed by atoms with Crippen molar-refractivity contribution < 1.29 is 14.3 Å². The number of nitrogens with one attached hydrogen (secondary N) is 1. The van der Waals surface area contributed by atoms with Crippen molar-refractivity contribution in [3.8, 4) is 0 Å². The Morgan fingerprint density at radius 1 is 1.45 bits per heavy atom. The van der Waals surface area contributed by atoms with Gasteiger partial charge in [0.25, 0.3) is 0 Å². The summed E-state index contributed by atoms with van der Waals surface area (Å²) in [5.41, 5.74) is 8.12. The summed E-state index contributed by atoms with van der Waals surface area (Å²) in [6.45, 7) is 4.21. The summed E-state index contributed by atoms with van der Waals surface area (Å²) in [5, 5.41) is 2.76. The fourth-order valence-corrected chi connectivity index (χ4v) is 2.21. The largest absolute Gasteiger partial charge is 0.397 e. The minimum atomic E-state index is -0.174. The lowest BCUT2D eigenvalue weighted by Gasteiger charge is -2.21. The van der Waals surface area contributed by atoms with Crippen molar-refractivity contribution in [1.29, 1.82) is 0 Å². The van der Waals surface area contributed by atoms with Crippen molar-refractivity contribution in [2.75, 3.05) is 37.5 Å². The molecule has 5 heteroatoms. The topological polar surface area (TPSA) is 73.6 Å². The average Bonchev–Trinajstić information content (AvgIpc) is 2.43. The van der Waals surface area contributed by atoms with Gasteiger partial charge < -0.3 is 20.5 Å². The second-order valence-electron chi connectivity index (χ2n) is 5.21. The van der Waals surface area contributed by atoms with Crippen LogP contribution >= 0.6 is 0 Å². The van der Waals surface area contributed by atoms with Gasteiger partial charge in [-0.3, -0.25) is 4.79 Å². The van der Waals surface area contributed by atoms with Crippen LogP contribution in [-0.4, -0.2) is 32.3 Å². The van der Waals surface area contributed by atoms with Gasteiger partial charge in [-0.1, -0.05) is 6.07 Å². The Balaban J connectivity index is 1.72. The van der Waals surface area contributed by atoms with E-state index in [2.05, 4.69) is 5.32 Å². The third-order valence-corrected chi connectivity index (χ3v) is 3.41. The van der Waals surface area contributed by atoms with Crippen LogP contribution in [0.1, 0.15) is 18.4 Å². The monoisotopic (exact) mass is 278 g/mol. The molecule has 1 saturated heterocycles. The molecule has 3 N–H and O–H groups in total. The van der Waals surface area contributed by atoms with Crippen LogP contribution in [0.3, 0.4) is 0 Å². The number of ether oxygens (including phenoxy) is 2. The van der Waals surface area contributed by atoms with Gasteiger partial charge in [0, 0.05) is 13.2 Å². The Morgan fingerprint density at radius 2 is 2.20 bits per heavy atom. The summed E-state index contributed by atoms with van der Waals surface area (Å²) >= 11 is 0. The first kappa shape index (κ1) is 14.8. The molecule has 1 aromatic rings. The first-order chi connectivity index (χ1) is 9.65. The number of aryl methyl sites for hydroxylation is 1. The molecule has 1 fully saturated rings. The SMILES string of the molecule is Cc1ccc(NC(=O)COCC2CCOCC2)c(N)c1. The maximum absolute atomic E-state index is 11.8. The molecule has 20 heavy (non-hydrogen) atoms. The van der Waals surface area contributed by atoms with Gasteiger partial charge >= 0.3 is 0 Å². The Kier molecular flexibility index (Phi) is 5.38. The third-order valence-electron chi connectivity index (χ3n) is 3.41. The van der Waals surface area contributed by atoms with Crippen molar-refractivity contribution in [2.24, 2.45) is 5.92 Å². The average molecular weight is 278 g/mol. The molecule has 1 amide bonds. The van der Waals surface area contributed by atoms with E-state index in [1.807, 2.05) is 19.1 Å². The highest BCUT2D eigenvalue weighted by Gasteiger charge is 2.14. The van der Waals surface area contributed by atoms with Crippen LogP contribution in [0.15, 0.2) is 18.2 Å². The molecule has 1 heterocycles. The predicted octanol–water partition coefficient (Wildman–Crippen LogP) is 1.96. The minimum absolute atomic E-state index is 0.0602. The number of nitrogen functional groups attached to an aromatic ring is 1. The van der Waals surface area contributed by atoms with E-state index in [0.29, 0.717) is 23.9 Å². The van der Waals surface area contributed by atoms with E-state index in [1.54, 1.807) is 6.07 Å². The van der Waals surface area contributed by atoms with Crippen molar-refractivity contribution in [2.45, 2.75) is 19.8 Å². The molecule has 1 aliphatic rings. The van der Waals surface area contributed by atoms with Crippen LogP contribution in [0, 0.1) is 12.8 Å². The van der Waals surface area contributed by atoms with Crippen molar-refractivity contribution in [3.05, 3.63) is 23.8 Å². The van der Waals surface area contributed by atoms with E-state index in [-0.39, 0.29) is 12.5 Å². The van der Waals surface area contributed by atoms with Gasteiger partial charge in [0.15, 0.2) is 0 Å². The molecule has 5 nitrogen and oxygen atoms in total. The van der Waals surface area contributed by atoms with Gasteiger partial charge in [-0.25, -0.2) is 0 Å². The second-order valence-corrected chi connectivity index (χ2v) is 5.21. The van der Waals surface area contributed by atoms with Gasteiger partial charge in [-0.15, -0.1) is 0 Å². The summed E-state index contributed by atoms with van der Waals surface area (Å²) in [7, 11) is 0. The van der Waals surface area contributed by atoms with Crippen LogP contribution < -0.4 is 11.1 Å². The Hall–Kier alpha value is -1.59. The Bertz CT molecular complexity index is 456. The number of hydrogen-bond acceptors (Lipinski definition) is 4. The molecule has 0 bridgehead atoms. The predicted molar refractivity (Wildman–Crippen MR) is 78.6 cm³/mol. The Morgan fingerprint density at radius 3 is 2.90 bits per heavy atom. The highest BCUT2D eigenvalue weighted by Crippen LogP contribution is 2.19. The van der Waals surface area contributed by atoms with E-state index in [4.69, 9.17) is 15.2 Å². The molecular formula is C15H22N2O3. The van der Waals surface area contributed by atoms with Gasteiger partial charge in [0.2, 0.25) is 5.91 Å². The van der Waals surface area contributed by atoms with E-state index < -0.39 is 0 Å². The van der Waals surface area contributed by atoms with Crippen LogP contribution in [0.2, 0.25) is 0 Å². The normalized spacial score (nSPS) is 16.1. The summed E-state index contributed by atoms with van der Waals surface area (Å²) in [6.07, 6.45) is 2.01. The highest BCUT2D eigenvalue weighted by atomic mass is 16.5. The molecule has 1 aromatic carbocycles. The number of nitrogens with two attached hydrogens (primary N) is 1. The summed E-state index contributed by atoms with van der Waals surface area (Å²) in [6, 6.07) is 5.55. The molecule has 0 unspecified atom stereocenters. The molecule has 0 saturated carbocycles. The number of carbonyl (C=O) groups is 1. The van der Waals surface area contributed by atoms with E-state index in [9.17, 15) is 4.79 Å². The molecular weight excluding hydrogens is 256 g/mol. The number of carbonyl (C=O) groups excluding carboxylic acids is 1.